The first-order valence-electron chi connectivity index (χ1n) is 4.19. The van der Waals surface area contributed by atoms with Crippen LogP contribution in [0, 0.1) is 5.92 Å². The van der Waals surface area contributed by atoms with E-state index in [0.717, 1.165) is 0 Å². The van der Waals surface area contributed by atoms with Crippen molar-refractivity contribution in [3.63, 3.8) is 0 Å². The van der Waals surface area contributed by atoms with Crippen LogP contribution >= 0.6 is 0 Å². The molecule has 1 atom stereocenters. The fourth-order valence-corrected chi connectivity index (χ4v) is 1.68. The molecule has 1 unspecified atom stereocenters. The topological polar surface area (TPSA) is 12.0 Å². The van der Waals surface area contributed by atoms with Crippen LogP contribution in [0.5, 0.6) is 0 Å². The Morgan fingerprint density at radius 1 is 1.17 bits per heavy atom. The van der Waals surface area contributed by atoms with Crippen molar-refractivity contribution >= 4 is 11.3 Å². The molecule has 1 aromatic carbocycles. The zero-order valence-electron chi connectivity index (χ0n) is 6.62. The van der Waals surface area contributed by atoms with E-state index in [1.807, 2.05) is 6.20 Å². The van der Waals surface area contributed by atoms with Gasteiger partial charge < -0.3 is 5.32 Å². The van der Waals surface area contributed by atoms with Crippen LogP contribution < -0.4 is 5.32 Å². The fraction of sp³-hybridized carbons (Fsp3) is 0.0909. The molecule has 12 heavy (non-hydrogen) atoms. The third-order valence-corrected chi connectivity index (χ3v) is 2.39. The Labute approximate surface area is 71.4 Å². The van der Waals surface area contributed by atoms with Crippen molar-refractivity contribution in [3.05, 3.63) is 48.2 Å². The second-order valence-corrected chi connectivity index (χ2v) is 3.20. The van der Waals surface area contributed by atoms with E-state index in [1.165, 1.54) is 16.8 Å². The summed E-state index contributed by atoms with van der Waals surface area (Å²) in [5, 5.41) is 3.26. The Bertz CT molecular complexity index is 388. The van der Waals surface area contributed by atoms with Gasteiger partial charge in [0.1, 0.15) is 0 Å². The molecular weight excluding hydrogens is 146 g/mol. The molecule has 0 amide bonds. The molecule has 1 aliphatic carbocycles. The van der Waals surface area contributed by atoms with E-state index in [4.69, 9.17) is 0 Å². The van der Waals surface area contributed by atoms with Gasteiger partial charge >= 0.3 is 0 Å². The molecule has 58 valence electrons. The highest BCUT2D eigenvalue weighted by Crippen LogP contribution is 2.43. The van der Waals surface area contributed by atoms with Gasteiger partial charge in [-0.3, -0.25) is 0 Å². The number of allylic oxidation sites excluding steroid dienone is 3. The third kappa shape index (κ3) is 0.735. The first-order chi connectivity index (χ1) is 5.95. The van der Waals surface area contributed by atoms with Gasteiger partial charge in [0.15, 0.2) is 0 Å². The average Bonchev–Trinajstić information content (AvgIpc) is 2.82. The minimum absolute atomic E-state index is 0.598. The summed E-state index contributed by atoms with van der Waals surface area (Å²) in [5.41, 5.74) is 4.04. The molecule has 1 heteroatoms. The third-order valence-electron chi connectivity index (χ3n) is 2.39. The van der Waals surface area contributed by atoms with Crippen LogP contribution in [0.15, 0.2) is 42.6 Å². The number of anilines is 1. The molecule has 0 bridgehead atoms. The molecule has 1 aromatic rings. The highest BCUT2D eigenvalue weighted by Gasteiger charge is 2.26. The maximum Gasteiger partial charge on any atom is 0.0456 e. The Balaban J connectivity index is 2.19. The Morgan fingerprint density at radius 3 is 3.08 bits per heavy atom. The summed E-state index contributed by atoms with van der Waals surface area (Å²) in [6, 6.07) is 8.42. The molecule has 3 rings (SSSR count). The largest absolute Gasteiger partial charge is 0.361 e. The summed E-state index contributed by atoms with van der Waals surface area (Å²) in [5.74, 6) is 0.598. The molecule has 0 spiro atoms. The van der Waals surface area contributed by atoms with Crippen molar-refractivity contribution in [1.29, 1.82) is 0 Å². The lowest BCUT2D eigenvalue weighted by Gasteiger charge is -2.03. The van der Waals surface area contributed by atoms with Crippen molar-refractivity contribution < 1.29 is 0 Å². The van der Waals surface area contributed by atoms with Crippen LogP contribution in [0.1, 0.15) is 5.56 Å². The average molecular weight is 155 g/mol. The Morgan fingerprint density at radius 2 is 2.08 bits per heavy atom. The SMILES string of the molecule is C1=CC2C=C2c2ccccc2N1. The van der Waals surface area contributed by atoms with Crippen molar-refractivity contribution in [2.45, 2.75) is 0 Å². The Kier molecular flexibility index (Phi) is 1.01. The highest BCUT2D eigenvalue weighted by atomic mass is 14.8. The van der Waals surface area contributed by atoms with Gasteiger partial charge in [0.05, 0.1) is 0 Å². The standard InChI is InChI=1S/C11H9N/c1-2-4-11-9(3-1)10-7-8(10)5-6-12-11/h1-8,12H. The van der Waals surface area contributed by atoms with E-state index in [2.05, 4.69) is 41.7 Å². The van der Waals surface area contributed by atoms with E-state index in [0.29, 0.717) is 5.92 Å². The molecular formula is C11H9N. The van der Waals surface area contributed by atoms with E-state index >= 15 is 0 Å². The van der Waals surface area contributed by atoms with Gasteiger partial charge in [-0.25, -0.2) is 0 Å². The maximum atomic E-state index is 3.26. The van der Waals surface area contributed by atoms with Crippen molar-refractivity contribution in [2.24, 2.45) is 5.92 Å². The van der Waals surface area contributed by atoms with Crippen molar-refractivity contribution in [3.8, 4) is 0 Å². The van der Waals surface area contributed by atoms with Gasteiger partial charge in [-0.05, 0) is 17.8 Å². The molecule has 0 fully saturated rings. The molecule has 1 nitrogen and oxygen atoms in total. The minimum Gasteiger partial charge on any atom is -0.361 e. The van der Waals surface area contributed by atoms with Gasteiger partial charge in [-0.15, -0.1) is 0 Å². The Hall–Kier alpha value is -1.50. The zero-order valence-corrected chi connectivity index (χ0v) is 6.62. The van der Waals surface area contributed by atoms with Crippen molar-refractivity contribution in [1.82, 2.24) is 0 Å². The van der Waals surface area contributed by atoms with Gasteiger partial charge in [-0.1, -0.05) is 30.4 Å². The monoisotopic (exact) mass is 155 g/mol. The molecule has 0 saturated heterocycles. The van der Waals surface area contributed by atoms with Crippen LogP contribution in [0.4, 0.5) is 5.69 Å². The molecule has 0 saturated carbocycles. The van der Waals surface area contributed by atoms with Gasteiger partial charge in [0.25, 0.3) is 0 Å². The summed E-state index contributed by atoms with van der Waals surface area (Å²) in [6.07, 6.45) is 6.51. The van der Waals surface area contributed by atoms with E-state index in [1.54, 1.807) is 0 Å². The number of fused-ring (bicyclic) bond motifs is 3. The van der Waals surface area contributed by atoms with Crippen LogP contribution in [-0.4, -0.2) is 0 Å². The first-order valence-corrected chi connectivity index (χ1v) is 4.19. The van der Waals surface area contributed by atoms with Crippen LogP contribution in [0.2, 0.25) is 0 Å². The number of benzene rings is 1. The number of hydrogen-bond donors (Lipinski definition) is 1. The lowest BCUT2D eigenvalue weighted by Crippen LogP contribution is -1.88. The summed E-state index contributed by atoms with van der Waals surface area (Å²) in [6.45, 7) is 0. The molecule has 1 N–H and O–H groups in total. The van der Waals surface area contributed by atoms with Gasteiger partial charge in [0, 0.05) is 17.2 Å². The lowest BCUT2D eigenvalue weighted by atomic mass is 10.1. The van der Waals surface area contributed by atoms with E-state index < -0.39 is 0 Å². The predicted octanol–water partition coefficient (Wildman–Crippen LogP) is 2.64. The summed E-state index contributed by atoms with van der Waals surface area (Å²) in [4.78, 5) is 0. The van der Waals surface area contributed by atoms with E-state index in [9.17, 15) is 0 Å². The number of nitrogens with one attached hydrogen (secondary N) is 1. The summed E-state index contributed by atoms with van der Waals surface area (Å²) < 4.78 is 0. The summed E-state index contributed by atoms with van der Waals surface area (Å²) >= 11 is 0. The van der Waals surface area contributed by atoms with Crippen LogP contribution in [0.25, 0.3) is 5.57 Å². The second kappa shape index (κ2) is 2.01. The quantitative estimate of drug-likeness (QED) is 0.607. The first kappa shape index (κ1) is 6.06. The molecule has 0 aromatic heterocycles. The van der Waals surface area contributed by atoms with Crippen molar-refractivity contribution in [2.75, 3.05) is 5.32 Å². The fourth-order valence-electron chi connectivity index (χ4n) is 1.68. The molecule has 0 radical (unpaired) electrons. The lowest BCUT2D eigenvalue weighted by molar-refractivity contribution is 1.27. The normalized spacial score (nSPS) is 23.0. The molecule has 1 aliphatic heterocycles. The molecule has 1 heterocycles. The maximum absolute atomic E-state index is 3.26. The smallest absolute Gasteiger partial charge is 0.0456 e. The second-order valence-electron chi connectivity index (χ2n) is 3.20. The minimum atomic E-state index is 0.598. The van der Waals surface area contributed by atoms with Gasteiger partial charge in [-0.2, -0.15) is 0 Å². The molecule has 2 aliphatic rings. The summed E-state index contributed by atoms with van der Waals surface area (Å²) in [7, 11) is 0. The van der Waals surface area contributed by atoms with E-state index in [-0.39, 0.29) is 0 Å². The van der Waals surface area contributed by atoms with Crippen LogP contribution in [-0.2, 0) is 0 Å². The predicted molar refractivity (Wildman–Crippen MR) is 50.7 cm³/mol. The highest BCUT2D eigenvalue weighted by molar-refractivity contribution is 5.89. The number of rotatable bonds is 0. The van der Waals surface area contributed by atoms with Gasteiger partial charge in [0.2, 0.25) is 0 Å². The number of para-hydroxylation sites is 1. The van der Waals surface area contributed by atoms with Crippen LogP contribution in [0.3, 0.4) is 0 Å². The zero-order chi connectivity index (χ0) is 7.97. The number of hydrogen-bond acceptors (Lipinski definition) is 1.